The van der Waals surface area contributed by atoms with Gasteiger partial charge >= 0.3 is 12.0 Å². The lowest BCUT2D eigenvalue weighted by molar-refractivity contribution is -0.154. The number of benzene rings is 1. The minimum atomic E-state index is -0.862. The molecule has 23 heavy (non-hydrogen) atoms. The summed E-state index contributed by atoms with van der Waals surface area (Å²) in [5.41, 5.74) is 0. The Morgan fingerprint density at radius 2 is 1.78 bits per heavy atom. The van der Waals surface area contributed by atoms with Gasteiger partial charge in [0.1, 0.15) is 5.75 Å². The number of rotatable bonds is 7. The van der Waals surface area contributed by atoms with Crippen LogP contribution in [0.25, 0.3) is 0 Å². The number of esters is 1. The zero-order valence-electron chi connectivity index (χ0n) is 13.5. The van der Waals surface area contributed by atoms with Crippen molar-refractivity contribution in [1.29, 1.82) is 0 Å². The maximum atomic E-state index is 11.7. The molecule has 0 saturated carbocycles. The number of hydrogen-bond donors (Lipinski definition) is 2. The van der Waals surface area contributed by atoms with Crippen LogP contribution in [0.4, 0.5) is 4.79 Å². The number of urea groups is 1. The third-order valence-corrected chi connectivity index (χ3v) is 2.98. The fourth-order valence-corrected chi connectivity index (χ4v) is 1.53. The number of ether oxygens (including phenoxy) is 2. The Bertz CT molecular complexity index is 533. The van der Waals surface area contributed by atoms with Crippen molar-refractivity contribution in [3.8, 4) is 5.75 Å². The van der Waals surface area contributed by atoms with Crippen LogP contribution in [0, 0.1) is 0 Å². The van der Waals surface area contributed by atoms with Crippen LogP contribution in [0.15, 0.2) is 30.3 Å². The predicted octanol–water partition coefficient (Wildman–Crippen LogP) is 1.62. The molecule has 1 rings (SSSR count). The van der Waals surface area contributed by atoms with Gasteiger partial charge in [-0.25, -0.2) is 9.59 Å². The number of amides is 3. The summed E-state index contributed by atoms with van der Waals surface area (Å²) in [5.74, 6) is -0.869. The quantitative estimate of drug-likeness (QED) is 0.744. The molecule has 3 amide bonds. The molecule has 0 fully saturated rings. The average Bonchev–Trinajstić information content (AvgIpc) is 2.53. The Morgan fingerprint density at radius 3 is 2.39 bits per heavy atom. The van der Waals surface area contributed by atoms with E-state index in [2.05, 4.69) is 10.6 Å². The summed E-state index contributed by atoms with van der Waals surface area (Å²) in [5, 5.41) is 4.65. The van der Waals surface area contributed by atoms with Gasteiger partial charge in [0, 0.05) is 6.04 Å². The summed E-state index contributed by atoms with van der Waals surface area (Å²) >= 11 is 0. The van der Waals surface area contributed by atoms with Gasteiger partial charge in [-0.3, -0.25) is 10.1 Å². The predicted molar refractivity (Wildman–Crippen MR) is 83.9 cm³/mol. The molecule has 2 N–H and O–H groups in total. The number of nitrogens with one attached hydrogen (secondary N) is 2. The van der Waals surface area contributed by atoms with Crippen LogP contribution in [0.2, 0.25) is 0 Å². The molecule has 0 aromatic heterocycles. The van der Waals surface area contributed by atoms with Gasteiger partial charge in [-0.05, 0) is 32.4 Å². The van der Waals surface area contributed by atoms with Crippen LogP contribution in [0.1, 0.15) is 27.2 Å². The molecule has 0 aliphatic carbocycles. The van der Waals surface area contributed by atoms with E-state index in [9.17, 15) is 14.4 Å². The first-order chi connectivity index (χ1) is 10.9. The maximum Gasteiger partial charge on any atom is 0.347 e. The van der Waals surface area contributed by atoms with Crippen LogP contribution >= 0.6 is 0 Å². The summed E-state index contributed by atoms with van der Waals surface area (Å²) in [7, 11) is 0. The highest BCUT2D eigenvalue weighted by atomic mass is 16.6. The Balaban J connectivity index is 2.31. The topological polar surface area (TPSA) is 93.7 Å². The van der Waals surface area contributed by atoms with E-state index in [1.807, 2.05) is 19.9 Å². The normalized spacial score (nSPS) is 12.7. The fraction of sp³-hybridized carbons (Fsp3) is 0.438. The minimum absolute atomic E-state index is 0.0513. The second-order valence-electron chi connectivity index (χ2n) is 5.01. The van der Waals surface area contributed by atoms with Gasteiger partial charge in [0.15, 0.2) is 12.7 Å². The summed E-state index contributed by atoms with van der Waals surface area (Å²) in [6.07, 6.45) is -0.121. The SMILES string of the molecule is CC[C@@H](C)NC(=O)NC(=O)COC(=O)[C@@H](C)Oc1ccccc1. The first-order valence-corrected chi connectivity index (χ1v) is 7.41. The number of carbonyl (C=O) groups is 3. The summed E-state index contributed by atoms with van der Waals surface area (Å²) < 4.78 is 10.2. The summed E-state index contributed by atoms with van der Waals surface area (Å²) in [4.78, 5) is 34.7. The summed E-state index contributed by atoms with van der Waals surface area (Å²) in [6, 6.07) is 8.11. The van der Waals surface area contributed by atoms with E-state index in [-0.39, 0.29) is 6.04 Å². The Kier molecular flexibility index (Phi) is 7.59. The van der Waals surface area contributed by atoms with Gasteiger partial charge in [0.25, 0.3) is 5.91 Å². The van der Waals surface area contributed by atoms with Crippen molar-refractivity contribution in [2.45, 2.75) is 39.3 Å². The lowest BCUT2D eigenvalue weighted by Gasteiger charge is -2.14. The highest BCUT2D eigenvalue weighted by molar-refractivity contribution is 5.95. The monoisotopic (exact) mass is 322 g/mol. The van der Waals surface area contributed by atoms with E-state index in [0.29, 0.717) is 5.75 Å². The molecule has 1 aromatic carbocycles. The lowest BCUT2D eigenvalue weighted by atomic mass is 10.3. The highest BCUT2D eigenvalue weighted by Gasteiger charge is 2.18. The molecular weight excluding hydrogens is 300 g/mol. The molecule has 126 valence electrons. The molecule has 0 unspecified atom stereocenters. The molecule has 0 heterocycles. The van der Waals surface area contributed by atoms with Crippen molar-refractivity contribution in [3.63, 3.8) is 0 Å². The average molecular weight is 322 g/mol. The molecule has 0 aliphatic heterocycles. The van der Waals surface area contributed by atoms with Crippen LogP contribution < -0.4 is 15.4 Å². The maximum absolute atomic E-state index is 11.7. The van der Waals surface area contributed by atoms with E-state index in [0.717, 1.165) is 6.42 Å². The third-order valence-electron chi connectivity index (χ3n) is 2.98. The molecule has 7 heteroatoms. The largest absolute Gasteiger partial charge is 0.479 e. The van der Waals surface area contributed by atoms with Gasteiger partial charge < -0.3 is 14.8 Å². The smallest absolute Gasteiger partial charge is 0.347 e. The molecule has 7 nitrogen and oxygen atoms in total. The Hall–Kier alpha value is -2.57. The van der Waals surface area contributed by atoms with Crippen LogP contribution in [0.3, 0.4) is 0 Å². The van der Waals surface area contributed by atoms with Crippen molar-refractivity contribution < 1.29 is 23.9 Å². The van der Waals surface area contributed by atoms with Gasteiger partial charge in [0.05, 0.1) is 0 Å². The van der Waals surface area contributed by atoms with Gasteiger partial charge in [-0.2, -0.15) is 0 Å². The summed E-state index contributed by atoms with van der Waals surface area (Å²) in [6.45, 7) is 4.69. The molecule has 0 spiro atoms. The molecular formula is C16H22N2O5. The molecule has 1 aromatic rings. The zero-order valence-corrected chi connectivity index (χ0v) is 13.5. The van der Waals surface area contributed by atoms with Crippen LogP contribution in [0.5, 0.6) is 5.75 Å². The number of carbonyl (C=O) groups excluding carboxylic acids is 3. The first kappa shape index (κ1) is 18.5. The van der Waals surface area contributed by atoms with Gasteiger partial charge in [-0.15, -0.1) is 0 Å². The molecule has 0 saturated heterocycles. The third kappa shape index (κ3) is 7.30. The second kappa shape index (κ2) is 9.45. The van der Waals surface area contributed by atoms with E-state index < -0.39 is 30.6 Å². The van der Waals surface area contributed by atoms with Crippen molar-refractivity contribution >= 4 is 17.9 Å². The lowest BCUT2D eigenvalue weighted by Crippen LogP contribution is -2.45. The van der Waals surface area contributed by atoms with Crippen LogP contribution in [-0.4, -0.2) is 36.7 Å². The molecule has 0 bridgehead atoms. The standard InChI is InChI=1S/C16H22N2O5/c1-4-11(2)17-16(21)18-14(19)10-22-15(20)12(3)23-13-8-6-5-7-9-13/h5-9,11-12H,4,10H2,1-3H3,(H2,17,18,19,21)/t11-,12-/m1/s1. The van der Waals surface area contributed by atoms with Crippen molar-refractivity contribution in [2.75, 3.05) is 6.61 Å². The minimum Gasteiger partial charge on any atom is -0.479 e. The molecule has 0 aliphatic rings. The second-order valence-corrected chi connectivity index (χ2v) is 5.01. The molecule has 2 atom stereocenters. The zero-order chi connectivity index (χ0) is 17.2. The Labute approximate surface area is 135 Å². The van der Waals surface area contributed by atoms with Gasteiger partial charge in [0.2, 0.25) is 0 Å². The van der Waals surface area contributed by atoms with E-state index in [1.54, 1.807) is 24.3 Å². The molecule has 0 radical (unpaired) electrons. The first-order valence-electron chi connectivity index (χ1n) is 7.41. The number of para-hydroxylation sites is 1. The highest BCUT2D eigenvalue weighted by Crippen LogP contribution is 2.11. The van der Waals surface area contributed by atoms with Crippen molar-refractivity contribution in [3.05, 3.63) is 30.3 Å². The number of hydrogen-bond acceptors (Lipinski definition) is 5. The Morgan fingerprint density at radius 1 is 1.13 bits per heavy atom. The van der Waals surface area contributed by atoms with Crippen molar-refractivity contribution in [2.24, 2.45) is 0 Å². The van der Waals surface area contributed by atoms with E-state index in [1.165, 1.54) is 6.92 Å². The van der Waals surface area contributed by atoms with E-state index in [4.69, 9.17) is 9.47 Å². The number of imide groups is 1. The van der Waals surface area contributed by atoms with Gasteiger partial charge in [-0.1, -0.05) is 25.1 Å². The van der Waals surface area contributed by atoms with Crippen molar-refractivity contribution in [1.82, 2.24) is 10.6 Å². The van der Waals surface area contributed by atoms with E-state index >= 15 is 0 Å². The fourth-order valence-electron chi connectivity index (χ4n) is 1.53. The van der Waals surface area contributed by atoms with Crippen LogP contribution in [-0.2, 0) is 14.3 Å².